The van der Waals surface area contributed by atoms with Gasteiger partial charge in [0, 0.05) is 18.8 Å². The fraction of sp³-hybridized carbons (Fsp3) is 0.350. The van der Waals surface area contributed by atoms with Crippen molar-refractivity contribution in [1.82, 2.24) is 5.32 Å². The van der Waals surface area contributed by atoms with E-state index in [0.29, 0.717) is 13.2 Å². The lowest BCUT2D eigenvalue weighted by Gasteiger charge is -2.22. The van der Waals surface area contributed by atoms with Gasteiger partial charge in [0.2, 0.25) is 0 Å². The van der Waals surface area contributed by atoms with Crippen molar-refractivity contribution in [2.24, 2.45) is 0 Å². The predicted molar refractivity (Wildman–Crippen MR) is 96.1 cm³/mol. The van der Waals surface area contributed by atoms with Gasteiger partial charge in [-0.3, -0.25) is 4.79 Å². The molecule has 2 aromatic rings. The second kappa shape index (κ2) is 8.62. The van der Waals surface area contributed by atoms with Crippen molar-refractivity contribution in [3.63, 3.8) is 0 Å². The highest BCUT2D eigenvalue weighted by atomic mass is 16.5. The lowest BCUT2D eigenvalue weighted by atomic mass is 10.0. The van der Waals surface area contributed by atoms with Crippen molar-refractivity contribution in [2.45, 2.75) is 25.4 Å². The minimum Gasteiger partial charge on any atom is -0.366 e. The van der Waals surface area contributed by atoms with E-state index in [4.69, 9.17) is 4.74 Å². The Kier molecular flexibility index (Phi) is 5.99. The second-order valence-electron chi connectivity index (χ2n) is 6.09. The number of amides is 1. The topological polar surface area (TPSA) is 50.4 Å². The first kappa shape index (κ1) is 16.7. The van der Waals surface area contributed by atoms with Crippen molar-refractivity contribution < 1.29 is 9.53 Å². The molecular weight excluding hydrogens is 300 g/mol. The van der Waals surface area contributed by atoms with Crippen LogP contribution in [0.25, 0.3) is 0 Å². The Hall–Kier alpha value is -2.17. The Morgan fingerprint density at radius 2 is 1.88 bits per heavy atom. The van der Waals surface area contributed by atoms with E-state index < -0.39 is 6.10 Å². The highest BCUT2D eigenvalue weighted by molar-refractivity contribution is 5.94. The van der Waals surface area contributed by atoms with Crippen LogP contribution in [-0.2, 0) is 22.4 Å². The van der Waals surface area contributed by atoms with Crippen LogP contribution in [0.1, 0.15) is 17.5 Å². The van der Waals surface area contributed by atoms with Gasteiger partial charge in [-0.25, -0.2) is 0 Å². The van der Waals surface area contributed by atoms with E-state index >= 15 is 0 Å². The summed E-state index contributed by atoms with van der Waals surface area (Å²) in [5, 5.41) is 6.13. The van der Waals surface area contributed by atoms with Gasteiger partial charge in [-0.1, -0.05) is 42.5 Å². The Bertz CT molecular complexity index is 652. The minimum absolute atomic E-state index is 0.0800. The summed E-state index contributed by atoms with van der Waals surface area (Å²) in [6, 6.07) is 18.6. The van der Waals surface area contributed by atoms with Crippen LogP contribution >= 0.6 is 0 Å². The van der Waals surface area contributed by atoms with Crippen LogP contribution < -0.4 is 10.6 Å². The third-order valence-corrected chi connectivity index (χ3v) is 4.19. The molecule has 0 bridgehead atoms. The smallest absolute Gasteiger partial charge is 0.254 e. The Morgan fingerprint density at radius 1 is 1.08 bits per heavy atom. The highest BCUT2D eigenvalue weighted by Crippen LogP contribution is 2.14. The molecule has 0 saturated carbocycles. The SMILES string of the molecule is O=C(Nc1cccc(CCCc2ccccc2)c1)C1CNCCO1. The van der Waals surface area contributed by atoms with Crippen LogP contribution in [0.4, 0.5) is 5.69 Å². The zero-order valence-electron chi connectivity index (χ0n) is 13.8. The summed E-state index contributed by atoms with van der Waals surface area (Å²) < 4.78 is 5.48. The van der Waals surface area contributed by atoms with Crippen molar-refractivity contribution in [1.29, 1.82) is 0 Å². The maximum Gasteiger partial charge on any atom is 0.254 e. The van der Waals surface area contributed by atoms with Gasteiger partial charge >= 0.3 is 0 Å². The summed E-state index contributed by atoms with van der Waals surface area (Å²) in [4.78, 5) is 12.2. The molecule has 24 heavy (non-hydrogen) atoms. The molecule has 126 valence electrons. The fourth-order valence-corrected chi connectivity index (χ4v) is 2.90. The largest absolute Gasteiger partial charge is 0.366 e. The Morgan fingerprint density at radius 3 is 2.67 bits per heavy atom. The fourth-order valence-electron chi connectivity index (χ4n) is 2.90. The molecule has 0 spiro atoms. The number of benzene rings is 2. The summed E-state index contributed by atoms with van der Waals surface area (Å²) in [6.45, 7) is 1.96. The molecule has 0 radical (unpaired) electrons. The number of hydrogen-bond donors (Lipinski definition) is 2. The summed E-state index contributed by atoms with van der Waals surface area (Å²) >= 11 is 0. The van der Waals surface area contributed by atoms with E-state index in [1.165, 1.54) is 11.1 Å². The zero-order valence-corrected chi connectivity index (χ0v) is 13.8. The van der Waals surface area contributed by atoms with E-state index in [1.807, 2.05) is 18.2 Å². The van der Waals surface area contributed by atoms with Gasteiger partial charge in [0.15, 0.2) is 0 Å². The quantitative estimate of drug-likeness (QED) is 0.859. The maximum absolute atomic E-state index is 12.2. The van der Waals surface area contributed by atoms with Crippen LogP contribution in [-0.4, -0.2) is 31.7 Å². The number of carbonyl (C=O) groups excluding carboxylic acids is 1. The molecule has 4 heteroatoms. The number of ether oxygens (including phenoxy) is 1. The molecule has 1 fully saturated rings. The molecule has 2 aromatic carbocycles. The van der Waals surface area contributed by atoms with Gasteiger partial charge in [0.25, 0.3) is 5.91 Å². The number of carbonyl (C=O) groups is 1. The normalized spacial score (nSPS) is 17.4. The highest BCUT2D eigenvalue weighted by Gasteiger charge is 2.21. The first-order valence-corrected chi connectivity index (χ1v) is 8.57. The van der Waals surface area contributed by atoms with E-state index in [2.05, 4.69) is 47.0 Å². The molecule has 1 saturated heterocycles. The van der Waals surface area contributed by atoms with Crippen LogP contribution in [0.5, 0.6) is 0 Å². The van der Waals surface area contributed by atoms with E-state index in [0.717, 1.165) is 31.5 Å². The molecule has 2 N–H and O–H groups in total. The number of morpholine rings is 1. The van der Waals surface area contributed by atoms with Crippen molar-refractivity contribution in [3.05, 3.63) is 65.7 Å². The number of hydrogen-bond acceptors (Lipinski definition) is 3. The number of nitrogens with one attached hydrogen (secondary N) is 2. The van der Waals surface area contributed by atoms with Gasteiger partial charge in [-0.2, -0.15) is 0 Å². The molecule has 3 rings (SSSR count). The molecule has 4 nitrogen and oxygen atoms in total. The molecule has 0 aromatic heterocycles. The lowest BCUT2D eigenvalue weighted by Crippen LogP contribution is -2.45. The first-order valence-electron chi connectivity index (χ1n) is 8.57. The average molecular weight is 324 g/mol. The van der Waals surface area contributed by atoms with Crippen LogP contribution in [0.3, 0.4) is 0 Å². The zero-order chi connectivity index (χ0) is 16.6. The Balaban J connectivity index is 1.51. The molecule has 1 aliphatic rings. The standard InChI is InChI=1S/C20H24N2O2/c23-20(19-15-21-12-13-24-19)22-18-11-5-10-17(14-18)9-4-8-16-6-2-1-3-7-16/h1-3,5-7,10-11,14,19,21H,4,8-9,12-13,15H2,(H,22,23). The number of anilines is 1. The van der Waals surface area contributed by atoms with Gasteiger partial charge < -0.3 is 15.4 Å². The molecule has 1 heterocycles. The van der Waals surface area contributed by atoms with Crippen LogP contribution in [0, 0.1) is 0 Å². The van der Waals surface area contributed by atoms with Gasteiger partial charge in [-0.05, 0) is 42.5 Å². The molecule has 1 aliphatic heterocycles. The first-order chi connectivity index (χ1) is 11.8. The van der Waals surface area contributed by atoms with Crippen LogP contribution in [0.2, 0.25) is 0 Å². The van der Waals surface area contributed by atoms with E-state index in [9.17, 15) is 4.79 Å². The Labute approximate surface area is 143 Å². The third-order valence-electron chi connectivity index (χ3n) is 4.19. The van der Waals surface area contributed by atoms with Gasteiger partial charge in [0.05, 0.1) is 6.61 Å². The van der Waals surface area contributed by atoms with Crippen molar-refractivity contribution in [3.8, 4) is 0 Å². The monoisotopic (exact) mass is 324 g/mol. The molecule has 1 unspecified atom stereocenters. The molecule has 1 amide bonds. The maximum atomic E-state index is 12.2. The average Bonchev–Trinajstić information content (AvgIpc) is 2.64. The van der Waals surface area contributed by atoms with E-state index in [-0.39, 0.29) is 5.91 Å². The minimum atomic E-state index is -0.402. The second-order valence-corrected chi connectivity index (χ2v) is 6.09. The van der Waals surface area contributed by atoms with Crippen LogP contribution in [0.15, 0.2) is 54.6 Å². The number of aryl methyl sites for hydroxylation is 2. The summed E-state index contributed by atoms with van der Waals surface area (Å²) in [5.41, 5.74) is 3.45. The number of rotatable bonds is 6. The molecular formula is C20H24N2O2. The third kappa shape index (κ3) is 4.91. The van der Waals surface area contributed by atoms with Crippen molar-refractivity contribution >= 4 is 11.6 Å². The molecule has 1 atom stereocenters. The van der Waals surface area contributed by atoms with Gasteiger partial charge in [0.1, 0.15) is 6.10 Å². The van der Waals surface area contributed by atoms with Crippen molar-refractivity contribution in [2.75, 3.05) is 25.0 Å². The summed E-state index contributed by atoms with van der Waals surface area (Å²) in [5.74, 6) is -0.0800. The predicted octanol–water partition coefficient (Wildman–Crippen LogP) is 2.79. The summed E-state index contributed by atoms with van der Waals surface area (Å²) in [6.07, 6.45) is 2.76. The molecule has 0 aliphatic carbocycles. The lowest BCUT2D eigenvalue weighted by molar-refractivity contribution is -0.128. The van der Waals surface area contributed by atoms with E-state index in [1.54, 1.807) is 0 Å². The van der Waals surface area contributed by atoms with Gasteiger partial charge in [-0.15, -0.1) is 0 Å². The summed E-state index contributed by atoms with van der Waals surface area (Å²) in [7, 11) is 0.